The Bertz CT molecular complexity index is 1400. The van der Waals surface area contributed by atoms with Crippen molar-refractivity contribution >= 4 is 15.7 Å². The molecule has 4 aromatic carbocycles. The summed E-state index contributed by atoms with van der Waals surface area (Å²) in [5.41, 5.74) is 4.08. The van der Waals surface area contributed by atoms with Gasteiger partial charge in [-0.15, -0.1) is 0 Å². The van der Waals surface area contributed by atoms with Crippen molar-refractivity contribution in [1.29, 1.82) is 0 Å². The van der Waals surface area contributed by atoms with E-state index in [1.165, 1.54) is 5.69 Å². The van der Waals surface area contributed by atoms with Crippen LogP contribution in [0, 0.1) is 6.92 Å². The van der Waals surface area contributed by atoms with Crippen molar-refractivity contribution in [2.45, 2.75) is 30.1 Å². The lowest BCUT2D eigenvalue weighted by Crippen LogP contribution is -2.47. The van der Waals surface area contributed by atoms with Gasteiger partial charge in [-0.05, 0) is 61.7 Å². The van der Waals surface area contributed by atoms with Crippen LogP contribution in [0.1, 0.15) is 29.5 Å². The third-order valence-electron chi connectivity index (χ3n) is 8.12. The van der Waals surface area contributed by atoms with E-state index in [9.17, 15) is 8.42 Å². The highest BCUT2D eigenvalue weighted by molar-refractivity contribution is 7.89. The van der Waals surface area contributed by atoms with Crippen molar-refractivity contribution in [3.63, 3.8) is 0 Å². The Morgan fingerprint density at radius 2 is 1.23 bits per heavy atom. The minimum atomic E-state index is -3.67. The van der Waals surface area contributed by atoms with Gasteiger partial charge in [0.05, 0.1) is 4.90 Å². The second-order valence-electron chi connectivity index (χ2n) is 10.7. The molecule has 1 heterocycles. The SMILES string of the molecule is Cc1ccc(S(=O)(=O)NCC(CCCN2CCN(c3ccccc3)CC2)(c2ccccc2)c2ccccc2)cc1. The minimum Gasteiger partial charge on any atom is -0.369 e. The van der Waals surface area contributed by atoms with Gasteiger partial charge in [-0.3, -0.25) is 4.90 Å². The van der Waals surface area contributed by atoms with Crippen LogP contribution in [0.25, 0.3) is 0 Å². The Hall–Kier alpha value is -3.45. The topological polar surface area (TPSA) is 52.7 Å². The van der Waals surface area contributed by atoms with Crippen LogP contribution in [0.15, 0.2) is 120 Å². The molecule has 0 aromatic heterocycles. The largest absolute Gasteiger partial charge is 0.369 e. The smallest absolute Gasteiger partial charge is 0.240 e. The standard InChI is InChI=1S/C34H39N3O2S/c1-29-18-20-33(21-19-29)40(38,39)35-28-34(30-12-5-2-6-13-30,31-14-7-3-8-15-31)22-11-23-36-24-26-37(27-25-36)32-16-9-4-10-17-32/h2-10,12-21,35H,11,22-28H2,1H3. The van der Waals surface area contributed by atoms with Crippen molar-refractivity contribution in [3.05, 3.63) is 132 Å². The first kappa shape index (κ1) is 28.1. The number of sulfonamides is 1. The first-order valence-corrected chi connectivity index (χ1v) is 15.6. The first-order chi connectivity index (χ1) is 19.5. The van der Waals surface area contributed by atoms with E-state index in [4.69, 9.17) is 0 Å². The molecule has 1 N–H and O–H groups in total. The number of para-hydroxylation sites is 1. The summed E-state index contributed by atoms with van der Waals surface area (Å²) < 4.78 is 29.8. The molecule has 1 fully saturated rings. The van der Waals surface area contributed by atoms with Crippen LogP contribution in [0.4, 0.5) is 5.69 Å². The fraction of sp³-hybridized carbons (Fsp3) is 0.294. The van der Waals surface area contributed by atoms with Crippen molar-refractivity contribution in [2.75, 3.05) is 44.2 Å². The monoisotopic (exact) mass is 553 g/mol. The number of anilines is 1. The summed E-state index contributed by atoms with van der Waals surface area (Å²) in [6.45, 7) is 7.32. The second-order valence-corrected chi connectivity index (χ2v) is 12.5. The van der Waals surface area contributed by atoms with Crippen LogP contribution < -0.4 is 9.62 Å². The number of nitrogens with zero attached hydrogens (tertiary/aromatic N) is 2. The number of benzene rings is 4. The van der Waals surface area contributed by atoms with E-state index >= 15 is 0 Å². The highest BCUT2D eigenvalue weighted by atomic mass is 32.2. The molecule has 0 bridgehead atoms. The number of rotatable bonds is 11. The van der Waals surface area contributed by atoms with Crippen LogP contribution >= 0.6 is 0 Å². The molecule has 0 radical (unpaired) electrons. The average Bonchev–Trinajstić information content (AvgIpc) is 3.01. The molecule has 4 aromatic rings. The number of hydrogen-bond acceptors (Lipinski definition) is 4. The number of hydrogen-bond donors (Lipinski definition) is 1. The average molecular weight is 554 g/mol. The highest BCUT2D eigenvalue weighted by Gasteiger charge is 2.35. The Balaban J connectivity index is 1.34. The van der Waals surface area contributed by atoms with Crippen molar-refractivity contribution in [2.24, 2.45) is 0 Å². The molecule has 6 heteroatoms. The van der Waals surface area contributed by atoms with Crippen molar-refractivity contribution < 1.29 is 8.42 Å². The predicted octanol–water partition coefficient (Wildman–Crippen LogP) is 5.86. The van der Waals surface area contributed by atoms with Crippen LogP contribution in [-0.4, -0.2) is 52.6 Å². The molecule has 5 rings (SSSR count). The zero-order chi connectivity index (χ0) is 27.8. The molecule has 1 saturated heterocycles. The van der Waals surface area contributed by atoms with Gasteiger partial charge in [0.1, 0.15) is 0 Å². The molecule has 0 amide bonds. The molecule has 5 nitrogen and oxygen atoms in total. The summed E-state index contributed by atoms with van der Waals surface area (Å²) in [4.78, 5) is 5.29. The molecular formula is C34H39N3O2S. The molecule has 0 saturated carbocycles. The summed E-state index contributed by atoms with van der Waals surface area (Å²) in [6.07, 6.45) is 1.79. The van der Waals surface area contributed by atoms with Crippen molar-refractivity contribution in [3.8, 4) is 0 Å². The van der Waals surface area contributed by atoms with Gasteiger partial charge in [-0.1, -0.05) is 96.6 Å². The summed E-state index contributed by atoms with van der Waals surface area (Å²) in [6, 6.07) is 38.4. The van der Waals surface area contributed by atoms with Gasteiger partial charge in [0.25, 0.3) is 0 Å². The first-order valence-electron chi connectivity index (χ1n) is 14.2. The maximum Gasteiger partial charge on any atom is 0.240 e. The number of piperazine rings is 1. The van der Waals surface area contributed by atoms with E-state index in [1.54, 1.807) is 12.1 Å². The maximum atomic E-state index is 13.4. The van der Waals surface area contributed by atoms with Gasteiger partial charge in [0.15, 0.2) is 0 Å². The summed E-state index contributed by atoms with van der Waals surface area (Å²) >= 11 is 0. The normalized spacial score (nSPS) is 14.8. The fourth-order valence-electron chi connectivity index (χ4n) is 5.75. The van der Waals surface area contributed by atoms with Crippen LogP contribution in [-0.2, 0) is 15.4 Å². The van der Waals surface area contributed by atoms with E-state index in [0.717, 1.165) is 62.3 Å². The fourth-order valence-corrected chi connectivity index (χ4v) is 6.85. The maximum absolute atomic E-state index is 13.4. The van der Waals surface area contributed by atoms with E-state index in [2.05, 4.69) is 69.1 Å². The Labute approximate surface area is 239 Å². The zero-order valence-electron chi connectivity index (χ0n) is 23.2. The Morgan fingerprint density at radius 3 is 1.77 bits per heavy atom. The van der Waals surface area contributed by atoms with Gasteiger partial charge in [0, 0.05) is 43.8 Å². The molecule has 0 aliphatic carbocycles. The molecule has 0 unspecified atom stereocenters. The lowest BCUT2D eigenvalue weighted by molar-refractivity contribution is 0.245. The summed E-state index contributed by atoms with van der Waals surface area (Å²) in [5, 5.41) is 0. The molecular weight excluding hydrogens is 514 g/mol. The summed E-state index contributed by atoms with van der Waals surface area (Å²) in [5.74, 6) is 0. The van der Waals surface area contributed by atoms with Crippen LogP contribution in [0.2, 0.25) is 0 Å². The molecule has 0 spiro atoms. The highest BCUT2D eigenvalue weighted by Crippen LogP contribution is 2.37. The Kier molecular flexibility index (Phi) is 9.00. The van der Waals surface area contributed by atoms with Gasteiger partial charge in [0.2, 0.25) is 10.0 Å². The molecule has 208 valence electrons. The third-order valence-corrected chi connectivity index (χ3v) is 9.54. The van der Waals surface area contributed by atoms with E-state index < -0.39 is 15.4 Å². The molecule has 1 aliphatic rings. The van der Waals surface area contributed by atoms with Gasteiger partial charge in [-0.25, -0.2) is 13.1 Å². The lowest BCUT2D eigenvalue weighted by atomic mass is 9.71. The third kappa shape index (κ3) is 6.64. The van der Waals surface area contributed by atoms with Crippen LogP contribution in [0.5, 0.6) is 0 Å². The second kappa shape index (κ2) is 12.8. The zero-order valence-corrected chi connectivity index (χ0v) is 24.1. The number of nitrogens with one attached hydrogen (secondary N) is 1. The molecule has 40 heavy (non-hydrogen) atoms. The van der Waals surface area contributed by atoms with E-state index in [-0.39, 0.29) is 0 Å². The van der Waals surface area contributed by atoms with E-state index in [0.29, 0.717) is 11.4 Å². The number of aryl methyl sites for hydroxylation is 1. The van der Waals surface area contributed by atoms with Crippen LogP contribution in [0.3, 0.4) is 0 Å². The summed E-state index contributed by atoms with van der Waals surface area (Å²) in [7, 11) is -3.67. The van der Waals surface area contributed by atoms with Gasteiger partial charge >= 0.3 is 0 Å². The van der Waals surface area contributed by atoms with Gasteiger partial charge < -0.3 is 4.90 Å². The molecule has 0 atom stereocenters. The quantitative estimate of drug-likeness (QED) is 0.253. The molecule has 1 aliphatic heterocycles. The Morgan fingerprint density at radius 1 is 0.700 bits per heavy atom. The predicted molar refractivity (Wildman–Crippen MR) is 164 cm³/mol. The lowest BCUT2D eigenvalue weighted by Gasteiger charge is -2.38. The van der Waals surface area contributed by atoms with Crippen molar-refractivity contribution in [1.82, 2.24) is 9.62 Å². The van der Waals surface area contributed by atoms with Gasteiger partial charge in [-0.2, -0.15) is 0 Å². The van der Waals surface area contributed by atoms with E-state index in [1.807, 2.05) is 55.5 Å². The minimum absolute atomic E-state index is 0.291.